The van der Waals surface area contributed by atoms with E-state index in [0.29, 0.717) is 34.7 Å². The van der Waals surface area contributed by atoms with Crippen LogP contribution in [-0.2, 0) is 23.9 Å². The minimum absolute atomic E-state index is 0.0817. The molecule has 39 heavy (non-hydrogen) atoms. The monoisotopic (exact) mass is 535 g/mol. The SMILES string of the molecule is CCOC(=O)C1=C(C)NC2=C(C(=O)C(C(=O)OCC)C(c3ccc(OC)cc3)C2)C1c1ccc(O)c(OC)c1. The lowest BCUT2D eigenvalue weighted by molar-refractivity contribution is -0.152. The third-order valence-electron chi connectivity index (χ3n) is 7.14. The van der Waals surface area contributed by atoms with Gasteiger partial charge in [-0.3, -0.25) is 9.59 Å². The van der Waals surface area contributed by atoms with Crippen molar-refractivity contribution in [1.29, 1.82) is 0 Å². The second-order valence-corrected chi connectivity index (χ2v) is 9.32. The van der Waals surface area contributed by atoms with Crippen molar-refractivity contribution in [2.75, 3.05) is 27.4 Å². The zero-order valence-electron chi connectivity index (χ0n) is 22.7. The van der Waals surface area contributed by atoms with Gasteiger partial charge in [-0.1, -0.05) is 18.2 Å². The molecule has 9 heteroatoms. The molecule has 0 saturated heterocycles. The molecule has 0 radical (unpaired) electrons. The van der Waals surface area contributed by atoms with Gasteiger partial charge >= 0.3 is 11.9 Å². The van der Waals surface area contributed by atoms with Crippen molar-refractivity contribution in [3.05, 3.63) is 76.1 Å². The van der Waals surface area contributed by atoms with E-state index >= 15 is 0 Å². The van der Waals surface area contributed by atoms with Gasteiger partial charge in [0.15, 0.2) is 17.3 Å². The maximum absolute atomic E-state index is 14.3. The topological polar surface area (TPSA) is 120 Å². The Hall–Kier alpha value is -4.27. The molecule has 0 amide bonds. The first-order valence-corrected chi connectivity index (χ1v) is 12.8. The number of rotatable bonds is 8. The average Bonchev–Trinajstić information content (AvgIpc) is 2.92. The Labute approximate surface area is 227 Å². The zero-order chi connectivity index (χ0) is 28.3. The van der Waals surface area contributed by atoms with Crippen molar-refractivity contribution in [2.24, 2.45) is 5.92 Å². The molecule has 1 aliphatic carbocycles. The van der Waals surface area contributed by atoms with Crippen LogP contribution >= 0.6 is 0 Å². The lowest BCUT2D eigenvalue weighted by atomic mass is 9.67. The minimum Gasteiger partial charge on any atom is -0.504 e. The summed E-state index contributed by atoms with van der Waals surface area (Å²) in [5.74, 6) is -3.35. The van der Waals surface area contributed by atoms with E-state index in [-0.39, 0.29) is 30.3 Å². The third-order valence-corrected chi connectivity index (χ3v) is 7.14. The Kier molecular flexibility index (Phi) is 8.28. The van der Waals surface area contributed by atoms with Crippen LogP contribution in [0.1, 0.15) is 50.2 Å². The number of phenolic OH excluding ortho intramolecular Hbond substituents is 1. The Morgan fingerprint density at radius 1 is 0.974 bits per heavy atom. The van der Waals surface area contributed by atoms with Gasteiger partial charge in [0, 0.05) is 28.8 Å². The van der Waals surface area contributed by atoms with E-state index < -0.39 is 35.5 Å². The van der Waals surface area contributed by atoms with Crippen molar-refractivity contribution in [3.63, 3.8) is 0 Å². The number of methoxy groups -OCH3 is 2. The number of ketones is 1. The molecule has 206 valence electrons. The number of dihydropyridines is 1. The number of ether oxygens (including phenoxy) is 4. The summed E-state index contributed by atoms with van der Waals surface area (Å²) >= 11 is 0. The molecule has 9 nitrogen and oxygen atoms in total. The summed E-state index contributed by atoms with van der Waals surface area (Å²) in [6.07, 6.45) is 0.329. The molecular formula is C30H33NO8. The normalized spacial score (nSPS) is 20.6. The number of phenols is 1. The van der Waals surface area contributed by atoms with Gasteiger partial charge in [-0.2, -0.15) is 0 Å². The molecule has 3 atom stereocenters. The lowest BCUT2D eigenvalue weighted by Crippen LogP contribution is -2.43. The molecule has 2 aliphatic rings. The summed E-state index contributed by atoms with van der Waals surface area (Å²) in [6.45, 7) is 5.41. The number of carbonyl (C=O) groups is 3. The molecular weight excluding hydrogens is 502 g/mol. The fraction of sp³-hybridized carbons (Fsp3) is 0.367. The van der Waals surface area contributed by atoms with E-state index in [1.807, 2.05) is 12.1 Å². The molecule has 0 aromatic heterocycles. The first-order valence-electron chi connectivity index (χ1n) is 12.8. The highest BCUT2D eigenvalue weighted by Crippen LogP contribution is 2.49. The van der Waals surface area contributed by atoms with E-state index in [0.717, 1.165) is 5.56 Å². The van der Waals surface area contributed by atoms with E-state index in [1.165, 1.54) is 13.2 Å². The summed E-state index contributed by atoms with van der Waals surface area (Å²) in [5.41, 5.74) is 3.03. The van der Waals surface area contributed by atoms with Crippen molar-refractivity contribution in [2.45, 2.75) is 39.0 Å². The Balaban J connectivity index is 1.91. The van der Waals surface area contributed by atoms with E-state index in [1.54, 1.807) is 52.1 Å². The molecule has 3 unspecified atom stereocenters. The van der Waals surface area contributed by atoms with Crippen molar-refractivity contribution < 1.29 is 38.4 Å². The van der Waals surface area contributed by atoms with Crippen molar-refractivity contribution in [3.8, 4) is 17.2 Å². The van der Waals surface area contributed by atoms with E-state index in [4.69, 9.17) is 18.9 Å². The van der Waals surface area contributed by atoms with Crippen LogP contribution in [0.5, 0.6) is 17.2 Å². The third kappa shape index (κ3) is 5.21. The first-order chi connectivity index (χ1) is 18.7. The van der Waals surface area contributed by atoms with Gasteiger partial charge in [0.25, 0.3) is 0 Å². The average molecular weight is 536 g/mol. The molecule has 1 aliphatic heterocycles. The molecule has 2 N–H and O–H groups in total. The van der Waals surface area contributed by atoms with E-state index in [9.17, 15) is 19.5 Å². The molecule has 0 fully saturated rings. The fourth-order valence-electron chi connectivity index (χ4n) is 5.39. The van der Waals surface area contributed by atoms with Gasteiger partial charge in [-0.25, -0.2) is 4.79 Å². The summed E-state index contributed by atoms with van der Waals surface area (Å²) in [6, 6.07) is 11.9. The van der Waals surface area contributed by atoms with Crippen LogP contribution in [0, 0.1) is 5.92 Å². The van der Waals surface area contributed by atoms with Crippen LogP contribution in [0.2, 0.25) is 0 Å². The number of hydrogen-bond acceptors (Lipinski definition) is 9. The zero-order valence-corrected chi connectivity index (χ0v) is 22.7. The highest BCUT2D eigenvalue weighted by atomic mass is 16.5. The summed E-state index contributed by atoms with van der Waals surface area (Å²) in [7, 11) is 2.99. The molecule has 2 aromatic rings. The summed E-state index contributed by atoms with van der Waals surface area (Å²) in [5, 5.41) is 13.5. The number of hydrogen-bond donors (Lipinski definition) is 2. The Morgan fingerprint density at radius 3 is 2.26 bits per heavy atom. The molecule has 0 saturated carbocycles. The number of nitrogens with one attached hydrogen (secondary N) is 1. The molecule has 2 aromatic carbocycles. The van der Waals surface area contributed by atoms with E-state index in [2.05, 4.69) is 5.32 Å². The smallest absolute Gasteiger partial charge is 0.336 e. The minimum atomic E-state index is -1.12. The van der Waals surface area contributed by atoms with Gasteiger partial charge in [0.2, 0.25) is 0 Å². The lowest BCUT2D eigenvalue weighted by Gasteiger charge is -2.39. The van der Waals surface area contributed by atoms with Crippen LogP contribution in [-0.4, -0.2) is 50.3 Å². The number of esters is 2. The van der Waals surface area contributed by atoms with Crippen LogP contribution < -0.4 is 14.8 Å². The van der Waals surface area contributed by atoms with Crippen LogP contribution in [0.3, 0.4) is 0 Å². The fourth-order valence-corrected chi connectivity index (χ4v) is 5.39. The molecule has 4 rings (SSSR count). The number of carbonyl (C=O) groups excluding carboxylic acids is 3. The Morgan fingerprint density at radius 2 is 1.64 bits per heavy atom. The molecule has 0 bridgehead atoms. The summed E-state index contributed by atoms with van der Waals surface area (Å²) in [4.78, 5) is 40.9. The van der Waals surface area contributed by atoms with Gasteiger partial charge in [-0.15, -0.1) is 0 Å². The van der Waals surface area contributed by atoms with Crippen molar-refractivity contribution in [1.82, 2.24) is 5.32 Å². The second kappa shape index (κ2) is 11.6. The van der Waals surface area contributed by atoms with Gasteiger partial charge in [-0.05, 0) is 62.6 Å². The first kappa shape index (κ1) is 27.8. The highest BCUT2D eigenvalue weighted by molar-refractivity contribution is 6.13. The van der Waals surface area contributed by atoms with Crippen LogP contribution in [0.25, 0.3) is 0 Å². The highest BCUT2D eigenvalue weighted by Gasteiger charge is 2.49. The maximum atomic E-state index is 14.3. The Bertz CT molecular complexity index is 1340. The second-order valence-electron chi connectivity index (χ2n) is 9.32. The quantitative estimate of drug-likeness (QED) is 0.380. The number of allylic oxidation sites excluding steroid dienone is 3. The molecule has 0 spiro atoms. The number of aromatic hydroxyl groups is 1. The number of Topliss-reactive ketones (excluding diaryl/α,β-unsaturated/α-hetero) is 1. The van der Waals surface area contributed by atoms with Gasteiger partial charge < -0.3 is 29.4 Å². The van der Waals surface area contributed by atoms with Gasteiger partial charge in [0.05, 0.1) is 33.0 Å². The molecule has 1 heterocycles. The van der Waals surface area contributed by atoms with Crippen molar-refractivity contribution >= 4 is 17.7 Å². The summed E-state index contributed by atoms with van der Waals surface area (Å²) < 4.78 is 21.3. The van der Waals surface area contributed by atoms with Gasteiger partial charge in [0.1, 0.15) is 11.7 Å². The standard InChI is InChI=1S/C30H33NO8/c1-6-38-29(34)24-16(3)31-21-15-20(17-8-11-19(36-4)12-9-17)26(30(35)39-7-2)28(33)27(21)25(24)18-10-13-22(32)23(14-18)37-5/h8-14,20,25-26,31-32H,6-7,15H2,1-5H3. The van der Waals surface area contributed by atoms with Crippen LogP contribution in [0.15, 0.2) is 65.0 Å². The van der Waals surface area contributed by atoms with Crippen LogP contribution in [0.4, 0.5) is 0 Å². The predicted molar refractivity (Wildman–Crippen MR) is 142 cm³/mol. The predicted octanol–water partition coefficient (Wildman–Crippen LogP) is 4.12. The maximum Gasteiger partial charge on any atom is 0.336 e. The number of benzene rings is 2. The largest absolute Gasteiger partial charge is 0.504 e.